The summed E-state index contributed by atoms with van der Waals surface area (Å²) in [6, 6.07) is 0. The molecule has 0 spiro atoms. The number of nitrogens with two attached hydrogens (primary N) is 1. The summed E-state index contributed by atoms with van der Waals surface area (Å²) >= 11 is 0. The zero-order valence-electron chi connectivity index (χ0n) is 9.32. The highest BCUT2D eigenvalue weighted by molar-refractivity contribution is 5.79. The number of aliphatic carboxylic acids is 1. The average molecular weight is 229 g/mol. The molecule has 4 N–H and O–H groups in total. The largest absolute Gasteiger partial charge is 0.480 e. The molecule has 16 heavy (non-hydrogen) atoms. The molecule has 1 unspecified atom stereocenters. The van der Waals surface area contributed by atoms with Crippen LogP contribution in [0.2, 0.25) is 0 Å². The SMILES string of the molecule is NCCNC(=O)C1CCCN(CC(=O)O)C1. The van der Waals surface area contributed by atoms with Crippen molar-refractivity contribution in [3.05, 3.63) is 0 Å². The van der Waals surface area contributed by atoms with E-state index in [2.05, 4.69) is 5.32 Å². The second-order valence-corrected chi connectivity index (χ2v) is 4.05. The Morgan fingerprint density at radius 3 is 2.88 bits per heavy atom. The van der Waals surface area contributed by atoms with E-state index in [1.807, 2.05) is 0 Å². The van der Waals surface area contributed by atoms with E-state index >= 15 is 0 Å². The molecule has 1 heterocycles. The minimum atomic E-state index is -0.844. The van der Waals surface area contributed by atoms with Gasteiger partial charge in [0.2, 0.25) is 5.91 Å². The molecule has 0 aliphatic carbocycles. The van der Waals surface area contributed by atoms with Gasteiger partial charge in [0, 0.05) is 19.6 Å². The summed E-state index contributed by atoms with van der Waals surface area (Å²) in [5.74, 6) is -0.955. The number of carboxylic acids is 1. The van der Waals surface area contributed by atoms with Crippen LogP contribution in [0.25, 0.3) is 0 Å². The van der Waals surface area contributed by atoms with Crippen LogP contribution in [-0.2, 0) is 9.59 Å². The van der Waals surface area contributed by atoms with E-state index in [4.69, 9.17) is 10.8 Å². The fourth-order valence-electron chi connectivity index (χ4n) is 1.94. The lowest BCUT2D eigenvalue weighted by Crippen LogP contribution is -2.45. The van der Waals surface area contributed by atoms with Crippen LogP contribution < -0.4 is 11.1 Å². The molecule has 0 bridgehead atoms. The lowest BCUT2D eigenvalue weighted by Gasteiger charge is -2.30. The van der Waals surface area contributed by atoms with Crippen molar-refractivity contribution < 1.29 is 14.7 Å². The number of rotatable bonds is 5. The molecule has 0 radical (unpaired) electrons. The highest BCUT2D eigenvalue weighted by Crippen LogP contribution is 2.16. The topological polar surface area (TPSA) is 95.7 Å². The zero-order chi connectivity index (χ0) is 12.0. The van der Waals surface area contributed by atoms with Crippen molar-refractivity contribution >= 4 is 11.9 Å². The van der Waals surface area contributed by atoms with Crippen LogP contribution in [0.1, 0.15) is 12.8 Å². The van der Waals surface area contributed by atoms with Crippen molar-refractivity contribution in [2.75, 3.05) is 32.7 Å². The van der Waals surface area contributed by atoms with Crippen molar-refractivity contribution in [2.24, 2.45) is 11.7 Å². The van der Waals surface area contributed by atoms with E-state index < -0.39 is 5.97 Å². The Morgan fingerprint density at radius 2 is 2.25 bits per heavy atom. The lowest BCUT2D eigenvalue weighted by atomic mass is 9.97. The molecule has 1 saturated heterocycles. The molecule has 1 atom stereocenters. The van der Waals surface area contributed by atoms with Crippen LogP contribution in [0.5, 0.6) is 0 Å². The number of carbonyl (C=O) groups is 2. The van der Waals surface area contributed by atoms with Gasteiger partial charge in [-0.05, 0) is 19.4 Å². The quantitative estimate of drug-likeness (QED) is 0.553. The molecule has 1 aliphatic heterocycles. The van der Waals surface area contributed by atoms with Gasteiger partial charge in [-0.3, -0.25) is 14.5 Å². The van der Waals surface area contributed by atoms with Crippen LogP contribution >= 0.6 is 0 Å². The summed E-state index contributed by atoms with van der Waals surface area (Å²) in [5.41, 5.74) is 5.30. The second kappa shape index (κ2) is 6.44. The predicted molar refractivity (Wildman–Crippen MR) is 58.9 cm³/mol. The normalized spacial score (nSPS) is 21.7. The van der Waals surface area contributed by atoms with Gasteiger partial charge < -0.3 is 16.2 Å². The maximum atomic E-state index is 11.6. The highest BCUT2D eigenvalue weighted by Gasteiger charge is 2.26. The van der Waals surface area contributed by atoms with Gasteiger partial charge in [0.05, 0.1) is 12.5 Å². The van der Waals surface area contributed by atoms with E-state index in [-0.39, 0.29) is 18.4 Å². The first-order chi connectivity index (χ1) is 7.63. The van der Waals surface area contributed by atoms with Crippen LogP contribution in [0.3, 0.4) is 0 Å². The molecule has 1 aliphatic rings. The van der Waals surface area contributed by atoms with Gasteiger partial charge in [0.1, 0.15) is 0 Å². The van der Waals surface area contributed by atoms with Gasteiger partial charge in [-0.25, -0.2) is 0 Å². The Kier molecular flexibility index (Phi) is 5.21. The number of carbonyl (C=O) groups excluding carboxylic acids is 1. The third kappa shape index (κ3) is 4.16. The summed E-state index contributed by atoms with van der Waals surface area (Å²) in [7, 11) is 0. The van der Waals surface area contributed by atoms with E-state index in [0.29, 0.717) is 19.6 Å². The number of amides is 1. The second-order valence-electron chi connectivity index (χ2n) is 4.05. The molecular formula is C10H19N3O3. The summed E-state index contributed by atoms with van der Waals surface area (Å²) in [5, 5.41) is 11.4. The highest BCUT2D eigenvalue weighted by atomic mass is 16.4. The first kappa shape index (κ1) is 12.9. The molecule has 0 aromatic rings. The van der Waals surface area contributed by atoms with Crippen molar-refractivity contribution in [3.8, 4) is 0 Å². The van der Waals surface area contributed by atoms with Crippen molar-refractivity contribution in [1.29, 1.82) is 0 Å². The van der Waals surface area contributed by atoms with E-state index in [1.54, 1.807) is 4.90 Å². The molecule has 6 heteroatoms. The summed E-state index contributed by atoms with van der Waals surface area (Å²) in [6.45, 7) is 2.21. The number of piperidine rings is 1. The summed E-state index contributed by atoms with van der Waals surface area (Å²) in [4.78, 5) is 24.0. The number of likely N-dealkylation sites (tertiary alicyclic amines) is 1. The maximum absolute atomic E-state index is 11.6. The molecule has 1 rings (SSSR count). The summed E-state index contributed by atoms with van der Waals surface area (Å²) in [6.07, 6.45) is 1.69. The smallest absolute Gasteiger partial charge is 0.317 e. The Morgan fingerprint density at radius 1 is 1.50 bits per heavy atom. The Bertz CT molecular complexity index is 258. The van der Waals surface area contributed by atoms with E-state index in [9.17, 15) is 9.59 Å². The third-order valence-corrected chi connectivity index (χ3v) is 2.68. The Balaban J connectivity index is 2.37. The number of hydrogen-bond acceptors (Lipinski definition) is 4. The fraction of sp³-hybridized carbons (Fsp3) is 0.800. The van der Waals surface area contributed by atoms with Crippen LogP contribution in [0.15, 0.2) is 0 Å². The van der Waals surface area contributed by atoms with Crippen molar-refractivity contribution in [3.63, 3.8) is 0 Å². The Labute approximate surface area is 94.8 Å². The maximum Gasteiger partial charge on any atom is 0.317 e. The number of nitrogens with zero attached hydrogens (tertiary/aromatic N) is 1. The molecule has 6 nitrogen and oxygen atoms in total. The van der Waals surface area contributed by atoms with Crippen LogP contribution in [-0.4, -0.2) is 54.6 Å². The fourth-order valence-corrected chi connectivity index (χ4v) is 1.94. The minimum absolute atomic E-state index is 0.0134. The first-order valence-corrected chi connectivity index (χ1v) is 5.55. The number of nitrogens with one attached hydrogen (secondary N) is 1. The van der Waals surface area contributed by atoms with Gasteiger partial charge in [0.25, 0.3) is 0 Å². The van der Waals surface area contributed by atoms with Crippen molar-refractivity contribution in [1.82, 2.24) is 10.2 Å². The lowest BCUT2D eigenvalue weighted by molar-refractivity contribution is -0.139. The predicted octanol–water partition coefficient (Wildman–Crippen LogP) is -1.14. The van der Waals surface area contributed by atoms with Gasteiger partial charge in [-0.1, -0.05) is 0 Å². The molecule has 92 valence electrons. The molecule has 1 amide bonds. The molecular weight excluding hydrogens is 210 g/mol. The Hall–Kier alpha value is -1.14. The van der Waals surface area contributed by atoms with Gasteiger partial charge in [-0.15, -0.1) is 0 Å². The van der Waals surface area contributed by atoms with E-state index in [0.717, 1.165) is 19.4 Å². The third-order valence-electron chi connectivity index (χ3n) is 2.68. The molecule has 1 fully saturated rings. The monoisotopic (exact) mass is 229 g/mol. The molecule has 0 aromatic carbocycles. The van der Waals surface area contributed by atoms with Gasteiger partial charge >= 0.3 is 5.97 Å². The average Bonchev–Trinajstić information content (AvgIpc) is 2.25. The first-order valence-electron chi connectivity index (χ1n) is 5.55. The van der Waals surface area contributed by atoms with Gasteiger partial charge in [0.15, 0.2) is 0 Å². The standard InChI is InChI=1S/C10H19N3O3/c11-3-4-12-10(16)8-2-1-5-13(6-8)7-9(14)15/h8H,1-7,11H2,(H,12,16)(H,14,15). The zero-order valence-corrected chi connectivity index (χ0v) is 9.32. The van der Waals surface area contributed by atoms with Crippen LogP contribution in [0.4, 0.5) is 0 Å². The van der Waals surface area contributed by atoms with E-state index in [1.165, 1.54) is 0 Å². The van der Waals surface area contributed by atoms with Crippen molar-refractivity contribution in [2.45, 2.75) is 12.8 Å². The van der Waals surface area contributed by atoms with Gasteiger partial charge in [-0.2, -0.15) is 0 Å². The van der Waals surface area contributed by atoms with Crippen LogP contribution in [0, 0.1) is 5.92 Å². The molecule has 0 aromatic heterocycles. The molecule has 0 saturated carbocycles. The minimum Gasteiger partial charge on any atom is -0.480 e. The number of carboxylic acid groups (broad SMARTS) is 1. The number of hydrogen-bond donors (Lipinski definition) is 3. The summed E-state index contributed by atoms with van der Waals surface area (Å²) < 4.78 is 0.